The Morgan fingerprint density at radius 2 is 1.61 bits per heavy atom. The lowest BCUT2D eigenvalue weighted by molar-refractivity contribution is 0.494. The summed E-state index contributed by atoms with van der Waals surface area (Å²) in [6, 6.07) is 25.6. The summed E-state index contributed by atoms with van der Waals surface area (Å²) in [7, 11) is 0. The number of aryl methyl sites for hydroxylation is 1. The Morgan fingerprint density at radius 3 is 2.32 bits per heavy atom. The molecule has 1 atom stereocenters. The Labute approximate surface area is 169 Å². The highest BCUT2D eigenvalue weighted by Gasteiger charge is 2.22. The highest BCUT2D eigenvalue weighted by atomic mass is 35.5. The summed E-state index contributed by atoms with van der Waals surface area (Å²) < 4.78 is 6.02. The first kappa shape index (κ1) is 18.3. The molecule has 0 saturated carbocycles. The van der Waals surface area contributed by atoms with Crippen LogP contribution < -0.4 is 5.32 Å². The molecule has 1 heterocycles. The summed E-state index contributed by atoms with van der Waals surface area (Å²) in [5.74, 6) is 0.894. The van der Waals surface area contributed by atoms with Gasteiger partial charge in [-0.1, -0.05) is 73.1 Å². The van der Waals surface area contributed by atoms with Crippen LogP contribution in [0.15, 0.2) is 83.3 Å². The number of hydrogen-bond donors (Lipinski definition) is 1. The van der Waals surface area contributed by atoms with E-state index < -0.39 is 0 Å². The van der Waals surface area contributed by atoms with Gasteiger partial charge in [-0.3, -0.25) is 0 Å². The second kappa shape index (κ2) is 8.28. The maximum atomic E-state index is 6.28. The molecular weight excluding hydrogens is 370 g/mol. The van der Waals surface area contributed by atoms with E-state index in [9.17, 15) is 0 Å². The molecule has 1 aromatic heterocycles. The summed E-state index contributed by atoms with van der Waals surface area (Å²) >= 11 is 6.28. The first-order valence-electron chi connectivity index (χ1n) is 9.23. The van der Waals surface area contributed by atoms with Crippen molar-refractivity contribution in [2.24, 2.45) is 0 Å². The van der Waals surface area contributed by atoms with Crippen LogP contribution in [0.1, 0.15) is 30.0 Å². The number of benzene rings is 3. The lowest BCUT2D eigenvalue weighted by Crippen LogP contribution is -2.12. The van der Waals surface area contributed by atoms with Gasteiger partial charge in [-0.2, -0.15) is 0 Å². The minimum Gasteiger partial charge on any atom is -0.418 e. The molecule has 0 aliphatic carbocycles. The van der Waals surface area contributed by atoms with Gasteiger partial charge in [-0.25, -0.2) is 0 Å². The van der Waals surface area contributed by atoms with Crippen molar-refractivity contribution in [3.63, 3.8) is 0 Å². The lowest BCUT2D eigenvalue weighted by Gasteiger charge is -2.17. The fourth-order valence-corrected chi connectivity index (χ4v) is 3.25. The van der Waals surface area contributed by atoms with E-state index in [1.165, 1.54) is 5.56 Å². The standard InChI is InChI=1S/C23H20ClN3O/c1-2-16-12-14-18(15-13-16)25-21(17-8-4-3-5-9-17)23-27-26-22(28-23)19-10-6-7-11-20(19)24/h3-15,21,25H,2H2,1H3. The van der Waals surface area contributed by atoms with Gasteiger partial charge >= 0.3 is 0 Å². The molecule has 140 valence electrons. The zero-order valence-electron chi connectivity index (χ0n) is 15.5. The van der Waals surface area contributed by atoms with Crippen LogP contribution in [0.2, 0.25) is 5.02 Å². The second-order valence-corrected chi connectivity index (χ2v) is 6.87. The molecule has 28 heavy (non-hydrogen) atoms. The van der Waals surface area contributed by atoms with Gasteiger partial charge in [0.15, 0.2) is 0 Å². The molecular formula is C23H20ClN3O. The fourth-order valence-electron chi connectivity index (χ4n) is 3.03. The van der Waals surface area contributed by atoms with Crippen LogP contribution in [0.4, 0.5) is 5.69 Å². The van der Waals surface area contributed by atoms with Crippen molar-refractivity contribution < 1.29 is 4.42 Å². The maximum absolute atomic E-state index is 6.28. The van der Waals surface area contributed by atoms with E-state index in [4.69, 9.17) is 16.0 Å². The van der Waals surface area contributed by atoms with Gasteiger partial charge in [0.05, 0.1) is 10.6 Å². The van der Waals surface area contributed by atoms with Gasteiger partial charge < -0.3 is 9.73 Å². The zero-order valence-corrected chi connectivity index (χ0v) is 16.2. The van der Waals surface area contributed by atoms with E-state index in [1.54, 1.807) is 0 Å². The van der Waals surface area contributed by atoms with Gasteiger partial charge in [0.1, 0.15) is 6.04 Å². The van der Waals surface area contributed by atoms with Crippen LogP contribution in [0.5, 0.6) is 0 Å². The van der Waals surface area contributed by atoms with Crippen LogP contribution in [0.3, 0.4) is 0 Å². The minimum absolute atomic E-state index is 0.266. The monoisotopic (exact) mass is 389 g/mol. The summed E-state index contributed by atoms with van der Waals surface area (Å²) in [6.45, 7) is 2.14. The van der Waals surface area contributed by atoms with Gasteiger partial charge in [-0.05, 0) is 41.8 Å². The van der Waals surface area contributed by atoms with Gasteiger partial charge in [0, 0.05) is 5.69 Å². The largest absolute Gasteiger partial charge is 0.418 e. The molecule has 1 unspecified atom stereocenters. The van der Waals surface area contributed by atoms with Gasteiger partial charge in [0.2, 0.25) is 11.8 Å². The number of aromatic nitrogens is 2. The van der Waals surface area contributed by atoms with Crippen molar-refractivity contribution in [3.05, 3.63) is 101 Å². The van der Waals surface area contributed by atoms with Crippen LogP contribution in [0, 0.1) is 0 Å². The number of nitrogens with one attached hydrogen (secondary N) is 1. The van der Waals surface area contributed by atoms with Gasteiger partial charge in [0.25, 0.3) is 0 Å². The Bertz CT molecular complexity index is 1040. The third-order valence-corrected chi connectivity index (χ3v) is 4.93. The number of anilines is 1. The van der Waals surface area contributed by atoms with Crippen LogP contribution in [0.25, 0.3) is 11.5 Å². The lowest BCUT2D eigenvalue weighted by atomic mass is 10.1. The molecule has 0 fully saturated rings. The summed E-state index contributed by atoms with van der Waals surface area (Å²) in [5.41, 5.74) is 4.04. The molecule has 1 N–H and O–H groups in total. The first-order chi connectivity index (χ1) is 13.7. The predicted molar refractivity (Wildman–Crippen MR) is 112 cm³/mol. The van der Waals surface area contributed by atoms with E-state index in [1.807, 2.05) is 54.6 Å². The van der Waals surface area contributed by atoms with E-state index in [0.29, 0.717) is 16.8 Å². The summed E-state index contributed by atoms with van der Waals surface area (Å²) in [5, 5.41) is 12.6. The molecule has 4 rings (SSSR count). The van der Waals surface area contributed by atoms with E-state index in [-0.39, 0.29) is 6.04 Å². The van der Waals surface area contributed by atoms with Crippen molar-refractivity contribution in [2.75, 3.05) is 5.32 Å². The van der Waals surface area contributed by atoms with Crippen LogP contribution in [-0.2, 0) is 6.42 Å². The molecule has 4 nitrogen and oxygen atoms in total. The molecule has 0 spiro atoms. The average Bonchev–Trinajstić information content (AvgIpc) is 3.23. The van der Waals surface area contributed by atoms with Crippen molar-refractivity contribution in [3.8, 4) is 11.5 Å². The van der Waals surface area contributed by atoms with Crippen molar-refractivity contribution in [1.82, 2.24) is 10.2 Å². The molecule has 0 bridgehead atoms. The smallest absolute Gasteiger partial charge is 0.249 e. The summed E-state index contributed by atoms with van der Waals surface area (Å²) in [4.78, 5) is 0. The van der Waals surface area contributed by atoms with Crippen LogP contribution in [-0.4, -0.2) is 10.2 Å². The first-order valence-corrected chi connectivity index (χ1v) is 9.61. The third-order valence-electron chi connectivity index (χ3n) is 4.60. The van der Waals surface area contributed by atoms with Crippen molar-refractivity contribution in [1.29, 1.82) is 0 Å². The number of halogens is 1. The molecule has 4 aromatic rings. The molecule has 0 aliphatic heterocycles. The highest BCUT2D eigenvalue weighted by molar-refractivity contribution is 6.33. The van der Waals surface area contributed by atoms with Crippen molar-refractivity contribution >= 4 is 17.3 Å². The molecule has 5 heteroatoms. The molecule has 3 aromatic carbocycles. The topological polar surface area (TPSA) is 51.0 Å². The molecule has 0 radical (unpaired) electrons. The van der Waals surface area contributed by atoms with Crippen molar-refractivity contribution in [2.45, 2.75) is 19.4 Å². The highest BCUT2D eigenvalue weighted by Crippen LogP contribution is 2.31. The third kappa shape index (κ3) is 3.92. The number of nitrogens with zero attached hydrogens (tertiary/aromatic N) is 2. The minimum atomic E-state index is -0.266. The van der Waals surface area contributed by atoms with Gasteiger partial charge in [-0.15, -0.1) is 10.2 Å². The predicted octanol–water partition coefficient (Wildman–Crippen LogP) is 6.15. The fraction of sp³-hybridized carbons (Fsp3) is 0.130. The second-order valence-electron chi connectivity index (χ2n) is 6.46. The molecule has 0 amide bonds. The quantitative estimate of drug-likeness (QED) is 0.429. The number of rotatable bonds is 6. The van der Waals surface area contributed by atoms with E-state index in [2.05, 4.69) is 46.7 Å². The Balaban J connectivity index is 1.69. The normalized spacial score (nSPS) is 11.9. The van der Waals surface area contributed by atoms with Crippen LogP contribution >= 0.6 is 11.6 Å². The average molecular weight is 390 g/mol. The molecule has 0 saturated heterocycles. The molecule has 0 aliphatic rings. The Morgan fingerprint density at radius 1 is 0.893 bits per heavy atom. The Kier molecular flexibility index (Phi) is 5.40. The number of hydrogen-bond acceptors (Lipinski definition) is 4. The Hall–Kier alpha value is -3.11. The van der Waals surface area contributed by atoms with E-state index in [0.717, 1.165) is 23.2 Å². The zero-order chi connectivity index (χ0) is 19.3. The summed E-state index contributed by atoms with van der Waals surface area (Å²) in [6.07, 6.45) is 1.01. The maximum Gasteiger partial charge on any atom is 0.249 e. The van der Waals surface area contributed by atoms with E-state index >= 15 is 0 Å². The SMILES string of the molecule is CCc1ccc(NC(c2ccccc2)c2nnc(-c3ccccc3Cl)o2)cc1.